The van der Waals surface area contributed by atoms with Crippen LogP contribution in [-0.4, -0.2) is 16.7 Å². The van der Waals surface area contributed by atoms with Gasteiger partial charge in [-0.1, -0.05) is 55.3 Å². The molecule has 0 spiro atoms. The van der Waals surface area contributed by atoms with Crippen LogP contribution in [0.25, 0.3) is 11.3 Å². The molecule has 0 radical (unpaired) electrons. The van der Waals surface area contributed by atoms with Crippen molar-refractivity contribution in [2.24, 2.45) is 0 Å². The van der Waals surface area contributed by atoms with Crippen LogP contribution in [0.1, 0.15) is 41.4 Å². The Morgan fingerprint density at radius 3 is 2.29 bits per heavy atom. The summed E-state index contributed by atoms with van der Waals surface area (Å²) >= 11 is 7.48. The van der Waals surface area contributed by atoms with Crippen LogP contribution in [0.15, 0.2) is 78.9 Å². The molecule has 0 aliphatic carbocycles. The molecule has 0 bridgehead atoms. The number of carbonyl (C=O) groups excluding carboxylic acids is 2. The third-order valence-electron chi connectivity index (χ3n) is 5.27. The van der Waals surface area contributed by atoms with Gasteiger partial charge in [0.15, 0.2) is 10.9 Å². The van der Waals surface area contributed by atoms with Gasteiger partial charge in [-0.25, -0.2) is 4.98 Å². The molecule has 4 aromatic rings. The largest absolute Gasteiger partial charge is 0.457 e. The molecular weight excluding hydrogens is 480 g/mol. The van der Waals surface area contributed by atoms with Crippen molar-refractivity contribution in [1.82, 2.24) is 4.98 Å². The second kappa shape index (κ2) is 11.8. The first-order chi connectivity index (χ1) is 17.0. The average molecular weight is 505 g/mol. The van der Waals surface area contributed by atoms with Gasteiger partial charge in [-0.2, -0.15) is 0 Å². The number of ether oxygens (including phenoxy) is 1. The van der Waals surface area contributed by atoms with Gasteiger partial charge in [0, 0.05) is 33.9 Å². The Kier molecular flexibility index (Phi) is 8.29. The standard InChI is InChI=1S/C28H25ClN2O3S/c1-2-6-25-27(20-9-13-21(29)14-10-20)31-28(35-25)30-26(33)18-17-24(32)19-11-15-23(16-12-19)34-22-7-4-3-5-8-22/h3-5,7-16H,2,6,17-18H2,1H3,(H,30,31,33). The van der Waals surface area contributed by atoms with Crippen LogP contribution >= 0.6 is 22.9 Å². The van der Waals surface area contributed by atoms with Crippen molar-refractivity contribution in [1.29, 1.82) is 0 Å². The number of ketones is 1. The number of nitrogens with one attached hydrogen (secondary N) is 1. The molecule has 5 nitrogen and oxygen atoms in total. The summed E-state index contributed by atoms with van der Waals surface area (Å²) in [6, 6.07) is 23.9. The summed E-state index contributed by atoms with van der Waals surface area (Å²) in [6.07, 6.45) is 2.04. The Balaban J connectivity index is 1.33. The zero-order valence-electron chi connectivity index (χ0n) is 19.3. The zero-order chi connectivity index (χ0) is 24.6. The first-order valence-corrected chi connectivity index (χ1v) is 12.6. The van der Waals surface area contributed by atoms with Crippen LogP contribution < -0.4 is 10.1 Å². The normalized spacial score (nSPS) is 10.7. The number of para-hydroxylation sites is 1. The number of aromatic nitrogens is 1. The predicted molar refractivity (Wildman–Crippen MR) is 142 cm³/mol. The lowest BCUT2D eigenvalue weighted by atomic mass is 10.1. The van der Waals surface area contributed by atoms with Crippen molar-refractivity contribution in [2.45, 2.75) is 32.6 Å². The van der Waals surface area contributed by atoms with E-state index in [-0.39, 0.29) is 24.5 Å². The van der Waals surface area contributed by atoms with E-state index in [1.165, 1.54) is 11.3 Å². The highest BCUT2D eigenvalue weighted by atomic mass is 35.5. The molecule has 178 valence electrons. The van der Waals surface area contributed by atoms with Crippen molar-refractivity contribution in [3.8, 4) is 22.8 Å². The molecule has 1 heterocycles. The molecule has 1 amide bonds. The lowest BCUT2D eigenvalue weighted by molar-refractivity contribution is -0.116. The average Bonchev–Trinajstić information content (AvgIpc) is 3.26. The number of anilines is 1. The fourth-order valence-corrected chi connectivity index (χ4v) is 4.75. The van der Waals surface area contributed by atoms with E-state index in [0.717, 1.165) is 34.7 Å². The minimum Gasteiger partial charge on any atom is -0.457 e. The molecule has 0 unspecified atom stereocenters. The Hall–Kier alpha value is -3.48. The number of Topliss-reactive ketones (excluding diaryl/α,β-unsaturated/α-hetero) is 1. The highest BCUT2D eigenvalue weighted by molar-refractivity contribution is 7.16. The van der Waals surface area contributed by atoms with Crippen molar-refractivity contribution in [3.63, 3.8) is 0 Å². The van der Waals surface area contributed by atoms with Crippen molar-refractivity contribution in [3.05, 3.63) is 94.3 Å². The fraction of sp³-hybridized carbons (Fsp3) is 0.179. The van der Waals surface area contributed by atoms with Crippen LogP contribution in [0.4, 0.5) is 5.13 Å². The summed E-state index contributed by atoms with van der Waals surface area (Å²) < 4.78 is 5.76. The minimum absolute atomic E-state index is 0.0834. The number of rotatable bonds is 10. The minimum atomic E-state index is -0.234. The summed E-state index contributed by atoms with van der Waals surface area (Å²) in [6.45, 7) is 2.11. The highest BCUT2D eigenvalue weighted by Gasteiger charge is 2.16. The van der Waals surface area contributed by atoms with Gasteiger partial charge >= 0.3 is 0 Å². The van der Waals surface area contributed by atoms with Crippen molar-refractivity contribution < 1.29 is 14.3 Å². The second-order valence-corrected chi connectivity index (χ2v) is 9.48. The second-order valence-electron chi connectivity index (χ2n) is 7.96. The summed E-state index contributed by atoms with van der Waals surface area (Å²) in [5.74, 6) is 1.04. The quantitative estimate of drug-likeness (QED) is 0.223. The van der Waals surface area contributed by atoms with Crippen LogP contribution in [0.3, 0.4) is 0 Å². The number of nitrogens with zero attached hydrogens (tertiary/aromatic N) is 1. The summed E-state index contributed by atoms with van der Waals surface area (Å²) in [7, 11) is 0. The molecule has 0 aliphatic rings. The molecular formula is C28H25ClN2O3S. The highest BCUT2D eigenvalue weighted by Crippen LogP contribution is 2.33. The molecule has 0 saturated heterocycles. The molecule has 1 N–H and O–H groups in total. The molecule has 4 rings (SSSR count). The Labute approximate surface area is 213 Å². The SMILES string of the molecule is CCCc1sc(NC(=O)CCC(=O)c2ccc(Oc3ccccc3)cc2)nc1-c1ccc(Cl)cc1. The van der Waals surface area contributed by atoms with E-state index in [4.69, 9.17) is 16.3 Å². The summed E-state index contributed by atoms with van der Waals surface area (Å²) in [5.41, 5.74) is 2.37. The van der Waals surface area contributed by atoms with Crippen LogP contribution in [0.5, 0.6) is 11.5 Å². The van der Waals surface area contributed by atoms with E-state index in [2.05, 4.69) is 17.2 Å². The molecule has 0 aliphatic heterocycles. The van der Waals surface area contributed by atoms with Gasteiger partial charge in [-0.05, 0) is 55.0 Å². The zero-order valence-corrected chi connectivity index (χ0v) is 20.9. The number of hydrogen-bond donors (Lipinski definition) is 1. The van der Waals surface area contributed by atoms with Gasteiger partial charge < -0.3 is 10.1 Å². The van der Waals surface area contributed by atoms with Gasteiger partial charge in [-0.3, -0.25) is 9.59 Å². The van der Waals surface area contributed by atoms with Gasteiger partial charge in [0.25, 0.3) is 0 Å². The van der Waals surface area contributed by atoms with Gasteiger partial charge in [0.1, 0.15) is 11.5 Å². The number of amides is 1. The van der Waals surface area contributed by atoms with Gasteiger partial charge in [0.05, 0.1) is 5.69 Å². The third kappa shape index (κ3) is 6.78. The molecule has 1 aromatic heterocycles. The molecule has 0 atom stereocenters. The van der Waals surface area contributed by atoms with E-state index >= 15 is 0 Å². The number of carbonyl (C=O) groups is 2. The van der Waals surface area contributed by atoms with Gasteiger partial charge in [-0.15, -0.1) is 11.3 Å². The van der Waals surface area contributed by atoms with Crippen LogP contribution in [0, 0.1) is 0 Å². The smallest absolute Gasteiger partial charge is 0.226 e. The molecule has 0 saturated carbocycles. The fourth-order valence-electron chi connectivity index (χ4n) is 3.52. The van der Waals surface area contributed by atoms with Gasteiger partial charge in [0.2, 0.25) is 5.91 Å². The number of thiazole rings is 1. The Bertz CT molecular complexity index is 1290. The molecule has 3 aromatic carbocycles. The van der Waals surface area contributed by atoms with E-state index in [1.54, 1.807) is 24.3 Å². The molecule has 35 heavy (non-hydrogen) atoms. The van der Waals surface area contributed by atoms with E-state index in [0.29, 0.717) is 21.5 Å². The molecule has 0 fully saturated rings. The Morgan fingerprint density at radius 1 is 0.914 bits per heavy atom. The predicted octanol–water partition coefficient (Wildman–Crippen LogP) is 7.81. The summed E-state index contributed by atoms with van der Waals surface area (Å²) in [5, 5.41) is 4.06. The van der Waals surface area contributed by atoms with Crippen LogP contribution in [0.2, 0.25) is 5.02 Å². The number of benzene rings is 3. The monoisotopic (exact) mass is 504 g/mol. The van der Waals surface area contributed by atoms with E-state index in [9.17, 15) is 9.59 Å². The first kappa shape index (κ1) is 24.6. The maximum Gasteiger partial charge on any atom is 0.226 e. The molecule has 7 heteroatoms. The lowest BCUT2D eigenvalue weighted by Crippen LogP contribution is -2.13. The maximum atomic E-state index is 12.6. The van der Waals surface area contributed by atoms with Crippen LogP contribution in [-0.2, 0) is 11.2 Å². The van der Waals surface area contributed by atoms with E-state index < -0.39 is 0 Å². The third-order valence-corrected chi connectivity index (χ3v) is 6.56. The number of hydrogen-bond acceptors (Lipinski definition) is 5. The van der Waals surface area contributed by atoms with Crippen molar-refractivity contribution >= 4 is 39.8 Å². The first-order valence-electron chi connectivity index (χ1n) is 11.4. The van der Waals surface area contributed by atoms with E-state index in [1.807, 2.05) is 54.6 Å². The topological polar surface area (TPSA) is 68.3 Å². The number of aryl methyl sites for hydroxylation is 1. The maximum absolute atomic E-state index is 12.6. The number of halogens is 1. The lowest BCUT2D eigenvalue weighted by Gasteiger charge is -2.06. The Morgan fingerprint density at radius 2 is 1.60 bits per heavy atom. The van der Waals surface area contributed by atoms with Crippen molar-refractivity contribution in [2.75, 3.05) is 5.32 Å². The summed E-state index contributed by atoms with van der Waals surface area (Å²) in [4.78, 5) is 30.9.